The second-order valence-electron chi connectivity index (χ2n) is 5.41. The number of nitrogens with zero attached hydrogens (tertiary/aromatic N) is 1. The van der Waals surface area contributed by atoms with Gasteiger partial charge in [0, 0.05) is 7.05 Å². The summed E-state index contributed by atoms with van der Waals surface area (Å²) in [5, 5.41) is 0. The third-order valence-corrected chi connectivity index (χ3v) is 3.82. The predicted molar refractivity (Wildman–Crippen MR) is 93.1 cm³/mol. The van der Waals surface area contributed by atoms with E-state index in [4.69, 9.17) is 8.92 Å². The molecule has 122 valence electrons. The van der Waals surface area contributed by atoms with Gasteiger partial charge in [0.1, 0.15) is 18.0 Å². The summed E-state index contributed by atoms with van der Waals surface area (Å²) in [6.07, 6.45) is -0.469. The Morgan fingerprint density at radius 1 is 1.13 bits per heavy atom. The molecular weight excluding hydrogens is 310 g/mol. The highest BCUT2D eigenvalue weighted by Gasteiger charge is 2.13. The molecule has 1 amide bonds. The number of rotatable bonds is 6. The summed E-state index contributed by atoms with van der Waals surface area (Å²) in [4.78, 5) is 12.0. The summed E-state index contributed by atoms with van der Waals surface area (Å²) >= 11 is 0.968. The van der Waals surface area contributed by atoms with E-state index in [-0.39, 0.29) is 0 Å². The van der Waals surface area contributed by atoms with Crippen molar-refractivity contribution in [2.75, 3.05) is 7.05 Å². The number of carbonyl (C=O) groups is 1. The van der Waals surface area contributed by atoms with E-state index < -0.39 is 6.09 Å². The maximum atomic E-state index is 12.0. The number of hydrogen-bond donors (Lipinski definition) is 0. The van der Waals surface area contributed by atoms with Crippen LogP contribution in [0.2, 0.25) is 0 Å². The molecule has 0 aliphatic heterocycles. The lowest BCUT2D eigenvalue weighted by Crippen LogP contribution is -2.23. The Bertz CT molecular complexity index is 631. The standard InChI is InChI=1S/C18H21NO3S/c1-14(2)16-10-7-11-17(12-16)22-18(20)19(3)23-21-13-15-8-5-4-6-9-15/h4-12,14H,13H2,1-3H3. The van der Waals surface area contributed by atoms with Gasteiger partial charge in [0.2, 0.25) is 0 Å². The lowest BCUT2D eigenvalue weighted by Gasteiger charge is -2.15. The molecule has 0 unspecified atom stereocenters. The molecule has 0 radical (unpaired) electrons. The van der Waals surface area contributed by atoms with Gasteiger partial charge in [0.25, 0.3) is 0 Å². The van der Waals surface area contributed by atoms with Gasteiger partial charge < -0.3 is 4.74 Å². The highest BCUT2D eigenvalue weighted by Crippen LogP contribution is 2.21. The summed E-state index contributed by atoms with van der Waals surface area (Å²) in [5.74, 6) is 0.923. The molecule has 2 aromatic carbocycles. The van der Waals surface area contributed by atoms with Crippen molar-refractivity contribution in [1.29, 1.82) is 0 Å². The first kappa shape index (κ1) is 17.4. The van der Waals surface area contributed by atoms with Crippen LogP contribution >= 0.6 is 12.2 Å². The van der Waals surface area contributed by atoms with E-state index in [2.05, 4.69) is 13.8 Å². The van der Waals surface area contributed by atoms with E-state index in [1.54, 1.807) is 13.1 Å². The van der Waals surface area contributed by atoms with Crippen molar-refractivity contribution in [2.45, 2.75) is 26.4 Å². The van der Waals surface area contributed by atoms with Crippen LogP contribution in [-0.4, -0.2) is 17.4 Å². The number of ether oxygens (including phenoxy) is 1. The van der Waals surface area contributed by atoms with Crippen molar-refractivity contribution < 1.29 is 13.7 Å². The Kier molecular flexibility index (Phi) is 6.50. The van der Waals surface area contributed by atoms with Gasteiger partial charge in [-0.1, -0.05) is 56.3 Å². The highest BCUT2D eigenvalue weighted by molar-refractivity contribution is 7.92. The van der Waals surface area contributed by atoms with E-state index in [9.17, 15) is 4.79 Å². The Balaban J connectivity index is 1.81. The average molecular weight is 331 g/mol. The van der Waals surface area contributed by atoms with Crippen molar-refractivity contribution in [2.24, 2.45) is 0 Å². The number of benzene rings is 2. The van der Waals surface area contributed by atoms with E-state index in [0.29, 0.717) is 18.3 Å². The van der Waals surface area contributed by atoms with Crippen LogP contribution in [0.5, 0.6) is 5.75 Å². The first-order valence-electron chi connectivity index (χ1n) is 7.45. The summed E-state index contributed by atoms with van der Waals surface area (Å²) in [6, 6.07) is 17.3. The number of carbonyl (C=O) groups excluding carboxylic acids is 1. The molecule has 2 aromatic rings. The van der Waals surface area contributed by atoms with Crippen LogP contribution in [0.1, 0.15) is 30.9 Å². The zero-order chi connectivity index (χ0) is 16.7. The van der Waals surface area contributed by atoms with Gasteiger partial charge >= 0.3 is 6.09 Å². The van der Waals surface area contributed by atoms with Gasteiger partial charge in [-0.3, -0.25) is 4.18 Å². The van der Waals surface area contributed by atoms with Gasteiger partial charge in [-0.15, -0.1) is 0 Å². The molecule has 0 spiro atoms. The molecule has 4 nitrogen and oxygen atoms in total. The van der Waals surface area contributed by atoms with Gasteiger partial charge in [-0.2, -0.15) is 0 Å². The molecule has 0 aromatic heterocycles. The number of hydrogen-bond acceptors (Lipinski definition) is 4. The van der Waals surface area contributed by atoms with Gasteiger partial charge in [0.15, 0.2) is 0 Å². The van der Waals surface area contributed by atoms with E-state index in [0.717, 1.165) is 23.4 Å². The monoisotopic (exact) mass is 331 g/mol. The SMILES string of the molecule is CC(C)c1cccc(OC(=O)N(C)SOCc2ccccc2)c1. The zero-order valence-electron chi connectivity index (χ0n) is 13.6. The molecule has 0 bridgehead atoms. The van der Waals surface area contributed by atoms with Crippen LogP contribution < -0.4 is 4.74 Å². The van der Waals surface area contributed by atoms with Crippen molar-refractivity contribution in [3.8, 4) is 5.75 Å². The molecule has 23 heavy (non-hydrogen) atoms. The van der Waals surface area contributed by atoms with Crippen molar-refractivity contribution in [3.05, 3.63) is 65.7 Å². The quantitative estimate of drug-likeness (QED) is 0.550. The molecule has 0 saturated carbocycles. The van der Waals surface area contributed by atoms with E-state index in [1.807, 2.05) is 48.5 Å². The van der Waals surface area contributed by atoms with E-state index in [1.165, 1.54) is 4.31 Å². The van der Waals surface area contributed by atoms with Crippen LogP contribution in [0.3, 0.4) is 0 Å². The molecule has 0 saturated heterocycles. The normalized spacial score (nSPS) is 10.6. The summed E-state index contributed by atoms with van der Waals surface area (Å²) in [5.41, 5.74) is 2.18. The predicted octanol–water partition coefficient (Wildman–Crippen LogP) is 5.02. The second kappa shape index (κ2) is 8.60. The lowest BCUT2D eigenvalue weighted by molar-refractivity contribution is 0.184. The molecule has 0 aliphatic rings. The molecule has 2 rings (SSSR count). The Hall–Kier alpha value is -1.98. The van der Waals surface area contributed by atoms with Crippen LogP contribution in [0.25, 0.3) is 0 Å². The Morgan fingerprint density at radius 3 is 2.57 bits per heavy atom. The third kappa shape index (κ3) is 5.62. The molecule has 5 heteroatoms. The molecule has 0 atom stereocenters. The Morgan fingerprint density at radius 2 is 1.87 bits per heavy atom. The second-order valence-corrected chi connectivity index (χ2v) is 6.35. The molecule has 0 N–H and O–H groups in total. The lowest BCUT2D eigenvalue weighted by atomic mass is 10.0. The van der Waals surface area contributed by atoms with Crippen LogP contribution in [0, 0.1) is 0 Å². The smallest absolute Gasteiger partial charge is 0.410 e. The highest BCUT2D eigenvalue weighted by atomic mass is 32.2. The molecule has 0 heterocycles. The van der Waals surface area contributed by atoms with Gasteiger partial charge in [-0.05, 0) is 29.2 Å². The van der Waals surface area contributed by atoms with E-state index >= 15 is 0 Å². The van der Waals surface area contributed by atoms with Crippen LogP contribution in [0.4, 0.5) is 4.79 Å². The van der Waals surface area contributed by atoms with Crippen LogP contribution in [0.15, 0.2) is 54.6 Å². The average Bonchev–Trinajstić information content (AvgIpc) is 2.56. The maximum absolute atomic E-state index is 12.0. The number of amides is 1. The molecule has 0 fully saturated rings. The topological polar surface area (TPSA) is 38.8 Å². The first-order chi connectivity index (χ1) is 11.1. The fraction of sp³-hybridized carbons (Fsp3) is 0.278. The minimum atomic E-state index is -0.469. The fourth-order valence-corrected chi connectivity index (χ4v) is 2.33. The van der Waals surface area contributed by atoms with Gasteiger partial charge in [-0.25, -0.2) is 9.10 Å². The summed E-state index contributed by atoms with van der Waals surface area (Å²) < 4.78 is 12.1. The zero-order valence-corrected chi connectivity index (χ0v) is 14.4. The maximum Gasteiger partial charge on any atom is 0.426 e. The van der Waals surface area contributed by atoms with Crippen molar-refractivity contribution in [1.82, 2.24) is 4.31 Å². The fourth-order valence-electron chi connectivity index (χ4n) is 1.88. The largest absolute Gasteiger partial charge is 0.426 e. The summed E-state index contributed by atoms with van der Waals surface area (Å²) in [7, 11) is 1.62. The minimum Gasteiger partial charge on any atom is -0.410 e. The first-order valence-corrected chi connectivity index (χ1v) is 8.15. The van der Waals surface area contributed by atoms with Crippen molar-refractivity contribution >= 4 is 18.3 Å². The minimum absolute atomic E-state index is 0.384. The third-order valence-electron chi connectivity index (χ3n) is 3.22. The van der Waals surface area contributed by atoms with Crippen LogP contribution in [-0.2, 0) is 10.8 Å². The molecule has 0 aliphatic carbocycles. The Labute approximate surface area is 141 Å². The van der Waals surface area contributed by atoms with Gasteiger partial charge in [0.05, 0.1) is 6.61 Å². The molecular formula is C18H21NO3S. The van der Waals surface area contributed by atoms with Crippen molar-refractivity contribution in [3.63, 3.8) is 0 Å². The summed E-state index contributed by atoms with van der Waals surface area (Å²) in [6.45, 7) is 4.62.